The summed E-state index contributed by atoms with van der Waals surface area (Å²) in [5.74, 6) is 0.0501. The van der Waals surface area contributed by atoms with Gasteiger partial charge in [-0.05, 0) is 57.0 Å². The number of carbonyl (C=O) groups excluding carboxylic acids is 2. The van der Waals surface area contributed by atoms with Crippen LogP contribution in [0.5, 0.6) is 11.5 Å². The number of ether oxygens (including phenoxy) is 2. The summed E-state index contributed by atoms with van der Waals surface area (Å²) in [6, 6.07) is 11.0. The van der Waals surface area contributed by atoms with E-state index in [4.69, 9.17) is 9.47 Å². The van der Waals surface area contributed by atoms with Gasteiger partial charge in [-0.25, -0.2) is 4.39 Å². The standard InChI is InChI=1S/C23H27FN2O4/c1-15(2)30-20-9-8-16(14-21(20)29-3)22(27)25-17-10-12-26(13-11-17)23(28)18-6-4-5-7-19(18)24/h4-9,14-15,17H,10-13H2,1-3H3,(H,25,27). The van der Waals surface area contributed by atoms with Crippen LogP contribution < -0.4 is 14.8 Å². The van der Waals surface area contributed by atoms with Crippen LogP contribution in [-0.4, -0.2) is 49.1 Å². The summed E-state index contributed by atoms with van der Waals surface area (Å²) in [4.78, 5) is 26.8. The number of benzene rings is 2. The van der Waals surface area contributed by atoms with Crippen molar-refractivity contribution in [3.63, 3.8) is 0 Å². The van der Waals surface area contributed by atoms with E-state index in [2.05, 4.69) is 5.32 Å². The number of carbonyl (C=O) groups is 2. The Balaban J connectivity index is 1.58. The fourth-order valence-corrected chi connectivity index (χ4v) is 3.46. The van der Waals surface area contributed by atoms with Crippen molar-refractivity contribution in [3.8, 4) is 11.5 Å². The molecule has 0 spiro atoms. The van der Waals surface area contributed by atoms with Crippen LogP contribution in [0.25, 0.3) is 0 Å². The molecule has 0 aromatic heterocycles. The second kappa shape index (κ2) is 9.61. The van der Waals surface area contributed by atoms with E-state index < -0.39 is 5.82 Å². The van der Waals surface area contributed by atoms with Gasteiger partial charge in [-0.2, -0.15) is 0 Å². The lowest BCUT2D eigenvalue weighted by Gasteiger charge is -2.32. The van der Waals surface area contributed by atoms with Crippen molar-refractivity contribution in [2.24, 2.45) is 0 Å². The summed E-state index contributed by atoms with van der Waals surface area (Å²) in [5, 5.41) is 3.01. The van der Waals surface area contributed by atoms with Crippen LogP contribution in [0.1, 0.15) is 47.4 Å². The predicted octanol–water partition coefficient (Wildman–Crippen LogP) is 3.66. The Morgan fingerprint density at radius 2 is 1.80 bits per heavy atom. The Bertz CT molecular complexity index is 908. The molecule has 1 aliphatic heterocycles. The fourth-order valence-electron chi connectivity index (χ4n) is 3.46. The number of methoxy groups -OCH3 is 1. The molecule has 2 amide bonds. The van der Waals surface area contributed by atoms with Crippen LogP contribution in [0.4, 0.5) is 4.39 Å². The van der Waals surface area contributed by atoms with Gasteiger partial charge in [-0.3, -0.25) is 9.59 Å². The molecule has 2 aromatic carbocycles. The largest absolute Gasteiger partial charge is 0.493 e. The zero-order valence-corrected chi connectivity index (χ0v) is 17.5. The van der Waals surface area contributed by atoms with Crippen molar-refractivity contribution >= 4 is 11.8 Å². The maximum absolute atomic E-state index is 13.9. The molecular weight excluding hydrogens is 387 g/mol. The first-order chi connectivity index (χ1) is 14.4. The van der Waals surface area contributed by atoms with Gasteiger partial charge < -0.3 is 19.7 Å². The van der Waals surface area contributed by atoms with Gasteiger partial charge in [-0.15, -0.1) is 0 Å². The van der Waals surface area contributed by atoms with E-state index in [0.29, 0.717) is 43.0 Å². The maximum Gasteiger partial charge on any atom is 0.256 e. The summed E-state index contributed by atoms with van der Waals surface area (Å²) >= 11 is 0. The summed E-state index contributed by atoms with van der Waals surface area (Å²) in [5.41, 5.74) is 0.559. The number of hydrogen-bond acceptors (Lipinski definition) is 4. The van der Waals surface area contributed by atoms with E-state index in [0.717, 1.165) is 0 Å². The monoisotopic (exact) mass is 414 g/mol. The molecule has 30 heavy (non-hydrogen) atoms. The Morgan fingerprint density at radius 1 is 1.10 bits per heavy atom. The summed E-state index contributed by atoms with van der Waals surface area (Å²) in [7, 11) is 1.53. The van der Waals surface area contributed by atoms with Crippen LogP contribution in [-0.2, 0) is 0 Å². The molecule has 2 aromatic rings. The third kappa shape index (κ3) is 5.09. The fraction of sp³-hybridized carbons (Fsp3) is 0.391. The smallest absolute Gasteiger partial charge is 0.256 e. The first kappa shape index (κ1) is 21.6. The second-order valence-electron chi connectivity index (χ2n) is 7.55. The lowest BCUT2D eigenvalue weighted by molar-refractivity contribution is 0.0693. The molecule has 7 heteroatoms. The van der Waals surface area contributed by atoms with Gasteiger partial charge in [0.05, 0.1) is 18.8 Å². The van der Waals surface area contributed by atoms with E-state index in [9.17, 15) is 14.0 Å². The van der Waals surface area contributed by atoms with Gasteiger partial charge >= 0.3 is 0 Å². The predicted molar refractivity (Wildman–Crippen MR) is 112 cm³/mol. The van der Waals surface area contributed by atoms with Crippen LogP contribution in [0.2, 0.25) is 0 Å². The Morgan fingerprint density at radius 3 is 2.43 bits per heavy atom. The number of halogens is 1. The quantitative estimate of drug-likeness (QED) is 0.783. The average Bonchev–Trinajstić information content (AvgIpc) is 2.74. The van der Waals surface area contributed by atoms with Crippen molar-refractivity contribution in [2.75, 3.05) is 20.2 Å². The highest BCUT2D eigenvalue weighted by Crippen LogP contribution is 2.29. The lowest BCUT2D eigenvalue weighted by atomic mass is 10.0. The zero-order chi connectivity index (χ0) is 21.7. The minimum Gasteiger partial charge on any atom is -0.493 e. The number of nitrogens with zero attached hydrogens (tertiary/aromatic N) is 1. The molecule has 0 unspecified atom stereocenters. The van der Waals surface area contributed by atoms with Crippen molar-refractivity contribution in [1.29, 1.82) is 0 Å². The molecule has 0 atom stereocenters. The topological polar surface area (TPSA) is 67.9 Å². The average molecular weight is 414 g/mol. The number of piperidine rings is 1. The van der Waals surface area contributed by atoms with Gasteiger partial charge in [0.15, 0.2) is 11.5 Å². The molecule has 1 heterocycles. The first-order valence-electron chi connectivity index (χ1n) is 10.1. The van der Waals surface area contributed by atoms with Crippen molar-refractivity contribution in [2.45, 2.75) is 38.8 Å². The minimum atomic E-state index is -0.517. The molecule has 1 fully saturated rings. The normalized spacial score (nSPS) is 14.5. The van der Waals surface area contributed by atoms with Gasteiger partial charge in [0.1, 0.15) is 5.82 Å². The number of likely N-dealkylation sites (tertiary alicyclic amines) is 1. The molecule has 0 radical (unpaired) electrons. The van der Waals surface area contributed by atoms with E-state index in [-0.39, 0.29) is 29.5 Å². The molecule has 6 nitrogen and oxygen atoms in total. The van der Waals surface area contributed by atoms with E-state index >= 15 is 0 Å². The van der Waals surface area contributed by atoms with Gasteiger partial charge in [0.2, 0.25) is 0 Å². The van der Waals surface area contributed by atoms with Crippen LogP contribution in [0, 0.1) is 5.82 Å². The maximum atomic E-state index is 13.9. The van der Waals surface area contributed by atoms with Crippen LogP contribution in [0.3, 0.4) is 0 Å². The molecule has 1 saturated heterocycles. The van der Waals surface area contributed by atoms with Crippen LogP contribution in [0.15, 0.2) is 42.5 Å². The number of hydrogen-bond donors (Lipinski definition) is 1. The third-order valence-corrected chi connectivity index (χ3v) is 5.01. The summed E-state index contributed by atoms with van der Waals surface area (Å²) in [6.07, 6.45) is 1.21. The molecule has 1 N–H and O–H groups in total. The number of rotatable bonds is 6. The van der Waals surface area contributed by atoms with Gasteiger partial charge in [-0.1, -0.05) is 12.1 Å². The summed E-state index contributed by atoms with van der Waals surface area (Å²) in [6.45, 7) is 4.76. The Kier molecular flexibility index (Phi) is 6.92. The molecule has 160 valence electrons. The van der Waals surface area contributed by atoms with Crippen LogP contribution >= 0.6 is 0 Å². The first-order valence-corrected chi connectivity index (χ1v) is 10.1. The van der Waals surface area contributed by atoms with E-state index in [1.165, 1.54) is 19.2 Å². The van der Waals surface area contributed by atoms with E-state index in [1.54, 1.807) is 35.2 Å². The molecule has 3 rings (SSSR count). The highest BCUT2D eigenvalue weighted by atomic mass is 19.1. The van der Waals surface area contributed by atoms with Gasteiger partial charge in [0.25, 0.3) is 11.8 Å². The highest BCUT2D eigenvalue weighted by Gasteiger charge is 2.26. The highest BCUT2D eigenvalue weighted by molar-refractivity contribution is 5.95. The molecular formula is C23H27FN2O4. The van der Waals surface area contributed by atoms with Gasteiger partial charge in [0, 0.05) is 24.7 Å². The zero-order valence-electron chi connectivity index (χ0n) is 17.5. The van der Waals surface area contributed by atoms with Crippen molar-refractivity contribution in [3.05, 3.63) is 59.4 Å². The Hall–Kier alpha value is -3.09. The number of amides is 2. The molecule has 0 aliphatic carbocycles. The lowest BCUT2D eigenvalue weighted by Crippen LogP contribution is -2.46. The minimum absolute atomic E-state index is 0.00386. The molecule has 1 aliphatic rings. The molecule has 0 bridgehead atoms. The van der Waals surface area contributed by atoms with E-state index in [1.807, 2.05) is 13.8 Å². The summed E-state index contributed by atoms with van der Waals surface area (Å²) < 4.78 is 24.9. The van der Waals surface area contributed by atoms with Crippen molar-refractivity contribution in [1.82, 2.24) is 10.2 Å². The SMILES string of the molecule is COc1cc(C(=O)NC2CCN(C(=O)c3ccccc3F)CC2)ccc1OC(C)C. The van der Waals surface area contributed by atoms with Crippen molar-refractivity contribution < 1.29 is 23.5 Å². The third-order valence-electron chi connectivity index (χ3n) is 5.01. The second-order valence-corrected chi connectivity index (χ2v) is 7.55. The Labute approximate surface area is 176 Å². The number of nitrogens with one attached hydrogen (secondary N) is 1. The molecule has 0 saturated carbocycles.